The van der Waals surface area contributed by atoms with E-state index in [4.69, 9.17) is 23.2 Å². The molecule has 2 aromatic rings. The van der Waals surface area contributed by atoms with Crippen LogP contribution in [-0.2, 0) is 27.5 Å². The minimum Gasteiger partial charge on any atom is -0.352 e. The van der Waals surface area contributed by atoms with Gasteiger partial charge in [-0.3, -0.25) is 4.79 Å². The van der Waals surface area contributed by atoms with E-state index in [-0.39, 0.29) is 53.3 Å². The van der Waals surface area contributed by atoms with Gasteiger partial charge in [0.05, 0.1) is 15.6 Å². The number of alkyl halides is 3. The average molecular weight is 495 g/mol. The first-order valence-electron chi connectivity index (χ1n) is 9.38. The number of nitrogens with one attached hydrogen (secondary N) is 1. The molecule has 0 atom stereocenters. The number of hydrogen-bond acceptors (Lipinski definition) is 3. The van der Waals surface area contributed by atoms with Gasteiger partial charge in [0.2, 0.25) is 15.9 Å². The van der Waals surface area contributed by atoms with E-state index in [1.54, 1.807) is 6.07 Å². The third-order valence-corrected chi connectivity index (χ3v) is 7.92. The molecule has 3 rings (SSSR count). The highest BCUT2D eigenvalue weighted by Gasteiger charge is 2.34. The summed E-state index contributed by atoms with van der Waals surface area (Å²) in [5.74, 6) is -0.774. The summed E-state index contributed by atoms with van der Waals surface area (Å²) in [5, 5.41) is 2.68. The highest BCUT2D eigenvalue weighted by Crippen LogP contribution is 2.33. The van der Waals surface area contributed by atoms with E-state index >= 15 is 0 Å². The van der Waals surface area contributed by atoms with Gasteiger partial charge in [-0.05, 0) is 42.7 Å². The molecule has 0 saturated carbocycles. The van der Waals surface area contributed by atoms with Crippen molar-refractivity contribution in [2.75, 3.05) is 13.1 Å². The fourth-order valence-electron chi connectivity index (χ4n) is 3.41. The Hall–Kier alpha value is -1.81. The Morgan fingerprint density at radius 3 is 2.23 bits per heavy atom. The Bertz CT molecular complexity index is 1050. The zero-order chi connectivity index (χ0) is 22.8. The molecule has 11 heteroatoms. The molecule has 2 aromatic carbocycles. The van der Waals surface area contributed by atoms with E-state index in [0.29, 0.717) is 5.56 Å². The number of amides is 1. The van der Waals surface area contributed by atoms with Crippen LogP contribution in [0, 0.1) is 5.92 Å². The smallest absolute Gasteiger partial charge is 0.352 e. The number of benzene rings is 2. The molecule has 0 aliphatic carbocycles. The van der Waals surface area contributed by atoms with Crippen molar-refractivity contribution in [1.82, 2.24) is 9.62 Å². The largest absolute Gasteiger partial charge is 0.416 e. The predicted molar refractivity (Wildman–Crippen MR) is 111 cm³/mol. The first-order valence-corrected chi connectivity index (χ1v) is 11.6. The van der Waals surface area contributed by atoms with Crippen molar-refractivity contribution in [3.8, 4) is 0 Å². The van der Waals surface area contributed by atoms with Crippen LogP contribution in [-0.4, -0.2) is 31.7 Å². The second kappa shape index (κ2) is 9.36. The summed E-state index contributed by atoms with van der Waals surface area (Å²) in [4.78, 5) is 12.3. The molecule has 1 amide bonds. The molecular formula is C20H19Cl2F3N2O3S. The van der Waals surface area contributed by atoms with Gasteiger partial charge in [-0.2, -0.15) is 17.5 Å². The minimum absolute atomic E-state index is 0.0217. The van der Waals surface area contributed by atoms with Crippen LogP contribution in [0.25, 0.3) is 0 Å². The third kappa shape index (κ3) is 5.52. The van der Waals surface area contributed by atoms with Crippen LogP contribution in [0.15, 0.2) is 47.4 Å². The monoisotopic (exact) mass is 494 g/mol. The maximum Gasteiger partial charge on any atom is 0.416 e. The average Bonchev–Trinajstić information content (AvgIpc) is 2.71. The molecular weight excluding hydrogens is 476 g/mol. The Kier molecular flexibility index (Phi) is 7.20. The SMILES string of the molecule is O=C(NCc1cccc(C(F)(F)F)c1)C1CCN(S(=O)(=O)c2c(Cl)cccc2Cl)CC1. The second-order valence-electron chi connectivity index (χ2n) is 7.15. The number of carbonyl (C=O) groups is 1. The van der Waals surface area contributed by atoms with Crippen LogP contribution in [0.4, 0.5) is 13.2 Å². The highest BCUT2D eigenvalue weighted by atomic mass is 35.5. The van der Waals surface area contributed by atoms with Gasteiger partial charge in [0.25, 0.3) is 0 Å². The Morgan fingerprint density at radius 2 is 1.65 bits per heavy atom. The van der Waals surface area contributed by atoms with Crippen molar-refractivity contribution in [1.29, 1.82) is 0 Å². The van der Waals surface area contributed by atoms with Crippen LogP contribution < -0.4 is 5.32 Å². The summed E-state index contributed by atoms with van der Waals surface area (Å²) in [6.45, 7) is 0.160. The van der Waals surface area contributed by atoms with Gasteiger partial charge in [-0.15, -0.1) is 0 Å². The predicted octanol–water partition coefficient (Wildman–Crippen LogP) is 4.73. The molecule has 1 saturated heterocycles. The van der Waals surface area contributed by atoms with Gasteiger partial charge in [-0.25, -0.2) is 8.42 Å². The van der Waals surface area contributed by atoms with Gasteiger partial charge < -0.3 is 5.32 Å². The molecule has 0 radical (unpaired) electrons. The van der Waals surface area contributed by atoms with Crippen LogP contribution >= 0.6 is 23.2 Å². The number of halogens is 5. The lowest BCUT2D eigenvalue weighted by atomic mass is 9.97. The maximum absolute atomic E-state index is 12.9. The van der Waals surface area contributed by atoms with Crippen molar-refractivity contribution in [3.05, 3.63) is 63.6 Å². The molecule has 0 aromatic heterocycles. The van der Waals surface area contributed by atoms with Crippen molar-refractivity contribution in [3.63, 3.8) is 0 Å². The van der Waals surface area contributed by atoms with Crippen molar-refractivity contribution >= 4 is 39.1 Å². The van der Waals surface area contributed by atoms with E-state index < -0.39 is 27.7 Å². The standard InChI is InChI=1S/C20H19Cl2F3N2O3S/c21-16-5-2-6-17(22)18(16)31(29,30)27-9-7-14(8-10-27)19(28)26-12-13-3-1-4-15(11-13)20(23,24)25/h1-6,11,14H,7-10,12H2,(H,26,28). The highest BCUT2D eigenvalue weighted by molar-refractivity contribution is 7.89. The normalized spacial score (nSPS) is 16.3. The molecule has 1 aliphatic rings. The van der Waals surface area contributed by atoms with E-state index in [2.05, 4.69) is 5.32 Å². The van der Waals surface area contributed by atoms with Crippen LogP contribution in [0.5, 0.6) is 0 Å². The number of carbonyl (C=O) groups excluding carboxylic acids is 1. The summed E-state index contributed by atoms with van der Waals surface area (Å²) in [5.41, 5.74) is -0.451. The van der Waals surface area contributed by atoms with Crippen LogP contribution in [0.3, 0.4) is 0 Å². The summed E-state index contributed by atoms with van der Waals surface area (Å²) >= 11 is 12.1. The van der Waals surface area contributed by atoms with E-state index in [1.807, 2.05) is 0 Å². The summed E-state index contributed by atoms with van der Waals surface area (Å²) < 4.78 is 65.4. The molecule has 1 N–H and O–H groups in total. The number of piperidine rings is 1. The fourth-order valence-corrected chi connectivity index (χ4v) is 5.97. The summed E-state index contributed by atoms with van der Waals surface area (Å²) in [6.07, 6.45) is -3.91. The molecule has 168 valence electrons. The Labute approximate surface area is 188 Å². The zero-order valence-corrected chi connectivity index (χ0v) is 18.5. The lowest BCUT2D eigenvalue weighted by Crippen LogP contribution is -2.43. The Morgan fingerprint density at radius 1 is 1.06 bits per heavy atom. The molecule has 5 nitrogen and oxygen atoms in total. The zero-order valence-electron chi connectivity index (χ0n) is 16.1. The first-order chi connectivity index (χ1) is 14.5. The summed E-state index contributed by atoms with van der Waals surface area (Å²) in [6, 6.07) is 9.16. The molecule has 0 spiro atoms. The minimum atomic E-state index is -4.46. The lowest BCUT2D eigenvalue weighted by molar-refractivity contribution is -0.137. The van der Waals surface area contributed by atoms with Gasteiger partial charge in [0.15, 0.2) is 0 Å². The number of rotatable bonds is 5. The maximum atomic E-state index is 12.9. The summed E-state index contributed by atoms with van der Waals surface area (Å²) in [7, 11) is -3.92. The van der Waals surface area contributed by atoms with Crippen molar-refractivity contribution in [2.45, 2.75) is 30.5 Å². The topological polar surface area (TPSA) is 66.5 Å². The molecule has 0 unspecified atom stereocenters. The molecule has 1 aliphatic heterocycles. The quantitative estimate of drug-likeness (QED) is 0.653. The van der Waals surface area contributed by atoms with Crippen molar-refractivity contribution in [2.24, 2.45) is 5.92 Å². The molecule has 0 bridgehead atoms. The van der Waals surface area contributed by atoms with Crippen LogP contribution in [0.1, 0.15) is 24.0 Å². The third-order valence-electron chi connectivity index (χ3n) is 5.06. The van der Waals surface area contributed by atoms with Gasteiger partial charge in [0, 0.05) is 25.6 Å². The van der Waals surface area contributed by atoms with Gasteiger partial charge in [-0.1, -0.05) is 41.4 Å². The fraction of sp³-hybridized carbons (Fsp3) is 0.350. The number of hydrogen-bond donors (Lipinski definition) is 1. The van der Waals surface area contributed by atoms with Crippen molar-refractivity contribution < 1.29 is 26.4 Å². The molecule has 1 heterocycles. The number of sulfonamides is 1. The lowest BCUT2D eigenvalue weighted by Gasteiger charge is -2.31. The number of nitrogens with zero attached hydrogens (tertiary/aromatic N) is 1. The van der Waals surface area contributed by atoms with E-state index in [0.717, 1.165) is 12.1 Å². The molecule has 1 fully saturated rings. The van der Waals surface area contributed by atoms with E-state index in [1.165, 1.54) is 28.6 Å². The first kappa shape index (κ1) is 23.8. The molecule has 31 heavy (non-hydrogen) atoms. The Balaban J connectivity index is 1.59. The van der Waals surface area contributed by atoms with Gasteiger partial charge in [0.1, 0.15) is 4.90 Å². The van der Waals surface area contributed by atoms with Gasteiger partial charge >= 0.3 is 6.18 Å². The van der Waals surface area contributed by atoms with Crippen LogP contribution in [0.2, 0.25) is 10.0 Å². The second-order valence-corrected chi connectivity index (χ2v) is 9.83. The van der Waals surface area contributed by atoms with E-state index in [9.17, 15) is 26.4 Å².